The molecule has 2 aromatic rings. The Labute approximate surface area is 156 Å². The number of hydrogen-bond acceptors (Lipinski definition) is 4. The van der Waals surface area contributed by atoms with Crippen LogP contribution >= 0.6 is 23.1 Å². The third kappa shape index (κ3) is 3.93. The van der Waals surface area contributed by atoms with Crippen molar-refractivity contribution in [3.63, 3.8) is 0 Å². The molecule has 1 aliphatic rings. The molecule has 1 aliphatic heterocycles. The Morgan fingerprint density at radius 2 is 2.08 bits per heavy atom. The quantitative estimate of drug-likeness (QED) is 0.813. The van der Waals surface area contributed by atoms with E-state index < -0.39 is 6.04 Å². The van der Waals surface area contributed by atoms with Crippen LogP contribution in [0.3, 0.4) is 0 Å². The zero-order valence-corrected chi connectivity index (χ0v) is 16.1. The molecular weight excluding hydrogens is 354 g/mol. The molecule has 134 valence electrons. The second-order valence-corrected chi connectivity index (χ2v) is 8.25. The van der Waals surface area contributed by atoms with Crippen LogP contribution in [0.25, 0.3) is 5.00 Å². The van der Waals surface area contributed by atoms with E-state index >= 15 is 0 Å². The lowest BCUT2D eigenvalue weighted by Gasteiger charge is -2.16. The molecule has 25 heavy (non-hydrogen) atoms. The number of nitrogens with one attached hydrogen (secondary N) is 2. The van der Waals surface area contributed by atoms with Gasteiger partial charge in [-0.3, -0.25) is 9.59 Å². The molecule has 2 amide bonds. The molecule has 5 nitrogen and oxygen atoms in total. The SMILES string of the molecule is CCCNC(=O)[C@H](C)NC(=O)c1c(-n2cccc2)sc2c1CCSC2. The maximum absolute atomic E-state index is 13.0. The van der Waals surface area contributed by atoms with Crippen molar-refractivity contribution in [2.45, 2.75) is 38.5 Å². The average Bonchev–Trinajstić information content (AvgIpc) is 3.26. The number of rotatable bonds is 6. The molecule has 7 heteroatoms. The first-order valence-electron chi connectivity index (χ1n) is 8.56. The normalized spacial score (nSPS) is 14.6. The molecule has 1 atom stereocenters. The van der Waals surface area contributed by atoms with Gasteiger partial charge >= 0.3 is 0 Å². The molecule has 0 saturated carbocycles. The number of carbonyl (C=O) groups is 2. The van der Waals surface area contributed by atoms with Gasteiger partial charge in [-0.05, 0) is 43.2 Å². The molecule has 0 unspecified atom stereocenters. The van der Waals surface area contributed by atoms with Crippen LogP contribution in [0, 0.1) is 0 Å². The highest BCUT2D eigenvalue weighted by Gasteiger charge is 2.27. The summed E-state index contributed by atoms with van der Waals surface area (Å²) in [6.45, 7) is 4.36. The summed E-state index contributed by atoms with van der Waals surface area (Å²) in [6.07, 6.45) is 5.69. The Morgan fingerprint density at radius 3 is 2.80 bits per heavy atom. The molecular formula is C18H23N3O2S2. The van der Waals surface area contributed by atoms with E-state index in [1.54, 1.807) is 18.3 Å². The highest BCUT2D eigenvalue weighted by Crippen LogP contribution is 2.38. The van der Waals surface area contributed by atoms with Gasteiger partial charge < -0.3 is 15.2 Å². The number of amides is 2. The summed E-state index contributed by atoms with van der Waals surface area (Å²) in [5.41, 5.74) is 1.87. The summed E-state index contributed by atoms with van der Waals surface area (Å²) in [6, 6.07) is 3.36. The molecule has 3 rings (SSSR count). The topological polar surface area (TPSA) is 63.1 Å². The molecule has 3 heterocycles. The maximum Gasteiger partial charge on any atom is 0.255 e. The van der Waals surface area contributed by atoms with Crippen molar-refractivity contribution in [3.05, 3.63) is 40.5 Å². The molecule has 0 fully saturated rings. The highest BCUT2D eigenvalue weighted by atomic mass is 32.2. The van der Waals surface area contributed by atoms with Gasteiger partial charge in [-0.25, -0.2) is 0 Å². The lowest BCUT2D eigenvalue weighted by atomic mass is 10.1. The van der Waals surface area contributed by atoms with Gasteiger partial charge in [0.25, 0.3) is 5.91 Å². The summed E-state index contributed by atoms with van der Waals surface area (Å²) in [5.74, 6) is 1.68. The first-order valence-corrected chi connectivity index (χ1v) is 10.5. The number of hydrogen-bond donors (Lipinski definition) is 2. The van der Waals surface area contributed by atoms with Crippen LogP contribution in [0.5, 0.6) is 0 Å². The van der Waals surface area contributed by atoms with Crippen LogP contribution in [-0.4, -0.2) is 34.7 Å². The highest BCUT2D eigenvalue weighted by molar-refractivity contribution is 7.98. The van der Waals surface area contributed by atoms with Gasteiger partial charge in [0, 0.05) is 29.6 Å². The van der Waals surface area contributed by atoms with Crippen molar-refractivity contribution in [1.82, 2.24) is 15.2 Å². The summed E-state index contributed by atoms with van der Waals surface area (Å²) in [7, 11) is 0. The zero-order chi connectivity index (χ0) is 17.8. The summed E-state index contributed by atoms with van der Waals surface area (Å²) < 4.78 is 1.99. The van der Waals surface area contributed by atoms with Crippen LogP contribution in [0.2, 0.25) is 0 Å². The number of fused-ring (bicyclic) bond motifs is 1. The van der Waals surface area contributed by atoms with Crippen LogP contribution in [-0.2, 0) is 17.0 Å². The van der Waals surface area contributed by atoms with Crippen LogP contribution in [0.4, 0.5) is 0 Å². The Morgan fingerprint density at radius 1 is 1.32 bits per heavy atom. The van der Waals surface area contributed by atoms with Gasteiger partial charge in [0.2, 0.25) is 5.91 Å². The largest absolute Gasteiger partial charge is 0.354 e. The third-order valence-electron chi connectivity index (χ3n) is 4.16. The van der Waals surface area contributed by atoms with Gasteiger partial charge in [0.15, 0.2) is 0 Å². The molecule has 0 aromatic carbocycles. The van der Waals surface area contributed by atoms with E-state index in [0.717, 1.165) is 40.5 Å². The van der Waals surface area contributed by atoms with Crippen molar-refractivity contribution in [2.75, 3.05) is 12.3 Å². The summed E-state index contributed by atoms with van der Waals surface area (Å²) >= 11 is 3.58. The number of carbonyl (C=O) groups excluding carboxylic acids is 2. The minimum Gasteiger partial charge on any atom is -0.354 e. The maximum atomic E-state index is 13.0. The minimum absolute atomic E-state index is 0.141. The molecule has 2 N–H and O–H groups in total. The molecule has 0 aliphatic carbocycles. The molecule has 0 spiro atoms. The van der Waals surface area contributed by atoms with Gasteiger partial charge in [0.1, 0.15) is 11.0 Å². The Balaban J connectivity index is 1.86. The summed E-state index contributed by atoms with van der Waals surface area (Å²) in [4.78, 5) is 26.3. The fraction of sp³-hybridized carbons (Fsp3) is 0.444. The predicted octanol–water partition coefficient (Wildman–Crippen LogP) is 2.97. The van der Waals surface area contributed by atoms with Crippen molar-refractivity contribution in [1.29, 1.82) is 0 Å². The Hall–Kier alpha value is -1.73. The van der Waals surface area contributed by atoms with Crippen molar-refractivity contribution < 1.29 is 9.59 Å². The number of thioether (sulfide) groups is 1. The Kier molecular flexibility index (Phi) is 5.86. The lowest BCUT2D eigenvalue weighted by Crippen LogP contribution is -2.45. The fourth-order valence-corrected chi connectivity index (χ4v) is 5.28. The number of nitrogens with zero attached hydrogens (tertiary/aromatic N) is 1. The monoisotopic (exact) mass is 377 g/mol. The van der Waals surface area contributed by atoms with Gasteiger partial charge in [-0.15, -0.1) is 11.3 Å². The van der Waals surface area contributed by atoms with Gasteiger partial charge in [0.05, 0.1) is 5.56 Å². The van der Waals surface area contributed by atoms with Crippen molar-refractivity contribution >= 4 is 34.9 Å². The predicted molar refractivity (Wildman–Crippen MR) is 104 cm³/mol. The van der Waals surface area contributed by atoms with E-state index in [9.17, 15) is 9.59 Å². The second-order valence-electron chi connectivity index (χ2n) is 6.06. The van der Waals surface area contributed by atoms with E-state index in [4.69, 9.17) is 0 Å². The van der Waals surface area contributed by atoms with E-state index in [-0.39, 0.29) is 11.8 Å². The standard InChI is InChI=1S/C18H23N3O2S2/c1-3-7-19-16(22)12(2)20-17(23)15-13-6-10-24-11-14(13)25-18(15)21-8-4-5-9-21/h4-5,8-9,12H,3,6-7,10-11H2,1-2H3,(H,19,22)(H,20,23)/t12-/m0/s1. The lowest BCUT2D eigenvalue weighted by molar-refractivity contribution is -0.122. The molecule has 0 saturated heterocycles. The van der Waals surface area contributed by atoms with Gasteiger partial charge in [-0.2, -0.15) is 11.8 Å². The number of aromatic nitrogens is 1. The number of thiophene rings is 1. The second kappa shape index (κ2) is 8.10. The van der Waals surface area contributed by atoms with E-state index in [1.165, 1.54) is 4.88 Å². The van der Waals surface area contributed by atoms with Crippen LogP contribution in [0.1, 0.15) is 41.1 Å². The fourth-order valence-electron chi connectivity index (χ4n) is 2.84. The van der Waals surface area contributed by atoms with E-state index in [1.807, 2.05) is 47.8 Å². The van der Waals surface area contributed by atoms with Crippen molar-refractivity contribution in [2.24, 2.45) is 0 Å². The zero-order valence-electron chi connectivity index (χ0n) is 14.5. The van der Waals surface area contributed by atoms with Crippen molar-refractivity contribution in [3.8, 4) is 5.00 Å². The van der Waals surface area contributed by atoms with Gasteiger partial charge in [-0.1, -0.05) is 6.92 Å². The smallest absolute Gasteiger partial charge is 0.255 e. The molecule has 2 aromatic heterocycles. The average molecular weight is 378 g/mol. The van der Waals surface area contributed by atoms with Crippen LogP contribution in [0.15, 0.2) is 24.5 Å². The molecule has 0 radical (unpaired) electrons. The summed E-state index contributed by atoms with van der Waals surface area (Å²) in [5, 5.41) is 6.65. The van der Waals surface area contributed by atoms with Crippen LogP contribution < -0.4 is 10.6 Å². The van der Waals surface area contributed by atoms with E-state index in [2.05, 4.69) is 10.6 Å². The molecule has 0 bridgehead atoms. The van der Waals surface area contributed by atoms with E-state index in [0.29, 0.717) is 6.54 Å². The first-order chi connectivity index (χ1) is 12.1. The Bertz CT molecular complexity index is 753. The first kappa shape index (κ1) is 18.1. The third-order valence-corrected chi connectivity index (χ3v) is 6.57. The minimum atomic E-state index is -0.551.